The van der Waals surface area contributed by atoms with Gasteiger partial charge in [0.15, 0.2) is 0 Å². The lowest BCUT2D eigenvalue weighted by molar-refractivity contribution is -0.137. The molecule has 2 amide bonds. The summed E-state index contributed by atoms with van der Waals surface area (Å²) in [5.41, 5.74) is 1.86. The topological polar surface area (TPSA) is 82.1 Å². The smallest absolute Gasteiger partial charge is 0.247 e. The van der Waals surface area contributed by atoms with Crippen molar-refractivity contribution in [2.24, 2.45) is 0 Å². The Morgan fingerprint density at radius 2 is 1.67 bits per heavy atom. The van der Waals surface area contributed by atoms with E-state index in [1.54, 1.807) is 12.0 Å². The molecule has 1 unspecified atom stereocenters. The predicted molar refractivity (Wildman–Crippen MR) is 128 cm³/mol. The summed E-state index contributed by atoms with van der Waals surface area (Å²) in [5, 5.41) is 14.7. The van der Waals surface area contributed by atoms with Crippen molar-refractivity contribution in [3.8, 4) is 5.75 Å². The number of rotatable bonds is 7. The lowest BCUT2D eigenvalue weighted by atomic mass is 10.0. The number of benzene rings is 3. The van der Waals surface area contributed by atoms with E-state index in [1.165, 1.54) is 0 Å². The van der Waals surface area contributed by atoms with Crippen LogP contribution in [0, 0.1) is 0 Å². The van der Waals surface area contributed by atoms with Crippen LogP contribution in [-0.2, 0) is 16.0 Å². The van der Waals surface area contributed by atoms with Crippen molar-refractivity contribution in [3.63, 3.8) is 0 Å². The third-order valence-corrected chi connectivity index (χ3v) is 6.01. The Morgan fingerprint density at radius 1 is 0.970 bits per heavy atom. The number of para-hydroxylation sites is 2. The number of carbonyl (C=O) groups is 2. The van der Waals surface area contributed by atoms with Crippen molar-refractivity contribution >= 4 is 28.3 Å². The van der Waals surface area contributed by atoms with E-state index in [2.05, 4.69) is 10.2 Å². The van der Waals surface area contributed by atoms with E-state index in [-0.39, 0.29) is 18.2 Å². The third-order valence-electron chi connectivity index (χ3n) is 6.01. The number of amides is 2. The molecule has 0 bridgehead atoms. The molecule has 1 aliphatic heterocycles. The van der Waals surface area contributed by atoms with Gasteiger partial charge in [0.2, 0.25) is 11.8 Å². The molecule has 1 atom stereocenters. The second kappa shape index (κ2) is 10.4. The van der Waals surface area contributed by atoms with Crippen LogP contribution in [-0.4, -0.2) is 67.8 Å². The predicted octanol–water partition coefficient (Wildman–Crippen LogP) is 2.22. The van der Waals surface area contributed by atoms with Crippen LogP contribution in [0.1, 0.15) is 5.56 Å². The highest BCUT2D eigenvalue weighted by Gasteiger charge is 2.29. The van der Waals surface area contributed by atoms with Gasteiger partial charge in [0.25, 0.3) is 0 Å². The standard InChI is InChI=1S/C26H29N3O4/c1-33-24-9-5-4-8-23(24)28-12-14-29(15-13-28)26(32)22(18-30)27-25(31)17-19-10-11-20-6-2-3-7-21(20)16-19/h2-11,16,22,30H,12-15,17-18H2,1H3,(H,27,31). The highest BCUT2D eigenvalue weighted by atomic mass is 16.5. The molecule has 1 heterocycles. The molecule has 0 radical (unpaired) electrons. The maximum atomic E-state index is 13.0. The summed E-state index contributed by atoms with van der Waals surface area (Å²) in [4.78, 5) is 29.4. The number of aliphatic hydroxyl groups excluding tert-OH is 1. The summed E-state index contributed by atoms with van der Waals surface area (Å²) in [6.07, 6.45) is 0.149. The van der Waals surface area contributed by atoms with Crippen LogP contribution >= 0.6 is 0 Å². The number of ether oxygens (including phenoxy) is 1. The largest absolute Gasteiger partial charge is 0.495 e. The molecule has 2 N–H and O–H groups in total. The number of nitrogens with one attached hydrogen (secondary N) is 1. The van der Waals surface area contributed by atoms with Crippen LogP contribution in [0.5, 0.6) is 5.75 Å². The van der Waals surface area contributed by atoms with Crippen molar-refractivity contribution in [2.45, 2.75) is 12.5 Å². The van der Waals surface area contributed by atoms with Gasteiger partial charge in [-0.25, -0.2) is 0 Å². The molecule has 0 aliphatic carbocycles. The molecule has 1 fully saturated rings. The Bertz CT molecular complexity index is 1130. The van der Waals surface area contributed by atoms with Crippen LogP contribution in [0.2, 0.25) is 0 Å². The maximum Gasteiger partial charge on any atom is 0.247 e. The van der Waals surface area contributed by atoms with E-state index in [1.807, 2.05) is 66.7 Å². The Balaban J connectivity index is 1.33. The molecule has 1 aliphatic rings. The zero-order valence-corrected chi connectivity index (χ0v) is 18.7. The highest BCUT2D eigenvalue weighted by Crippen LogP contribution is 2.28. The summed E-state index contributed by atoms with van der Waals surface area (Å²) in [6, 6.07) is 20.7. The monoisotopic (exact) mass is 447 g/mol. The molecular formula is C26H29N3O4. The van der Waals surface area contributed by atoms with Crippen LogP contribution in [0.15, 0.2) is 66.7 Å². The minimum atomic E-state index is -0.948. The molecule has 4 rings (SSSR count). The SMILES string of the molecule is COc1ccccc1N1CCN(C(=O)C(CO)NC(=O)Cc2ccc3ccccc3c2)CC1. The third kappa shape index (κ3) is 5.26. The number of anilines is 1. The first kappa shape index (κ1) is 22.6. The molecule has 33 heavy (non-hydrogen) atoms. The molecule has 7 nitrogen and oxygen atoms in total. The Kier molecular flexibility index (Phi) is 7.10. The number of nitrogens with zero attached hydrogens (tertiary/aromatic N) is 2. The normalized spacial score (nSPS) is 14.7. The van der Waals surface area contributed by atoms with Crippen LogP contribution in [0.4, 0.5) is 5.69 Å². The van der Waals surface area contributed by atoms with Crippen LogP contribution in [0.25, 0.3) is 10.8 Å². The van der Waals surface area contributed by atoms with Gasteiger partial charge in [-0.2, -0.15) is 0 Å². The number of piperazine rings is 1. The first-order valence-corrected chi connectivity index (χ1v) is 11.1. The second-order valence-corrected chi connectivity index (χ2v) is 8.15. The highest BCUT2D eigenvalue weighted by molar-refractivity contribution is 5.90. The van der Waals surface area contributed by atoms with Gasteiger partial charge in [-0.3, -0.25) is 9.59 Å². The number of aliphatic hydroxyl groups is 1. The van der Waals surface area contributed by atoms with Gasteiger partial charge < -0.3 is 25.0 Å². The average Bonchev–Trinajstić information content (AvgIpc) is 2.87. The molecule has 3 aromatic rings. The van der Waals surface area contributed by atoms with Gasteiger partial charge in [0.05, 0.1) is 25.8 Å². The van der Waals surface area contributed by atoms with Crippen molar-refractivity contribution in [1.29, 1.82) is 0 Å². The van der Waals surface area contributed by atoms with E-state index in [4.69, 9.17) is 4.74 Å². The minimum absolute atomic E-state index is 0.149. The van der Waals surface area contributed by atoms with Gasteiger partial charge in [0.1, 0.15) is 11.8 Å². The van der Waals surface area contributed by atoms with Gasteiger partial charge in [-0.05, 0) is 28.5 Å². The molecule has 3 aromatic carbocycles. The van der Waals surface area contributed by atoms with Gasteiger partial charge in [0, 0.05) is 26.2 Å². The Labute approximate surface area is 193 Å². The van der Waals surface area contributed by atoms with Gasteiger partial charge >= 0.3 is 0 Å². The summed E-state index contributed by atoms with van der Waals surface area (Å²) in [7, 11) is 1.64. The Hall–Kier alpha value is -3.58. The van der Waals surface area contributed by atoms with Gasteiger partial charge in [-0.1, -0.05) is 54.6 Å². The second-order valence-electron chi connectivity index (χ2n) is 8.15. The molecule has 0 saturated carbocycles. The average molecular weight is 448 g/mol. The quantitative estimate of drug-likeness (QED) is 0.581. The van der Waals surface area contributed by atoms with Gasteiger partial charge in [-0.15, -0.1) is 0 Å². The van der Waals surface area contributed by atoms with E-state index in [9.17, 15) is 14.7 Å². The first-order valence-electron chi connectivity index (χ1n) is 11.1. The first-order chi connectivity index (χ1) is 16.1. The van der Waals surface area contributed by atoms with E-state index in [0.717, 1.165) is 27.8 Å². The van der Waals surface area contributed by atoms with Crippen molar-refractivity contribution < 1.29 is 19.4 Å². The van der Waals surface area contributed by atoms with E-state index >= 15 is 0 Å². The number of hydrogen-bond donors (Lipinski definition) is 2. The van der Waals surface area contributed by atoms with Crippen LogP contribution < -0.4 is 15.0 Å². The van der Waals surface area contributed by atoms with Crippen molar-refractivity contribution in [1.82, 2.24) is 10.2 Å². The zero-order chi connectivity index (χ0) is 23.2. The fourth-order valence-corrected chi connectivity index (χ4v) is 4.24. The summed E-state index contributed by atoms with van der Waals surface area (Å²) in [5.74, 6) is 0.251. The Morgan fingerprint density at radius 3 is 2.39 bits per heavy atom. The summed E-state index contributed by atoms with van der Waals surface area (Å²) >= 11 is 0. The lowest BCUT2D eigenvalue weighted by Gasteiger charge is -2.37. The molecule has 172 valence electrons. The summed E-state index contributed by atoms with van der Waals surface area (Å²) in [6.45, 7) is 1.88. The number of hydrogen-bond acceptors (Lipinski definition) is 5. The molecule has 0 aromatic heterocycles. The lowest BCUT2D eigenvalue weighted by Crippen LogP contribution is -2.56. The van der Waals surface area contributed by atoms with Crippen LogP contribution in [0.3, 0.4) is 0 Å². The molecule has 0 spiro atoms. The van der Waals surface area contributed by atoms with E-state index < -0.39 is 12.6 Å². The minimum Gasteiger partial charge on any atom is -0.495 e. The maximum absolute atomic E-state index is 13.0. The molecule has 1 saturated heterocycles. The van der Waals surface area contributed by atoms with Crippen molar-refractivity contribution in [2.75, 3.05) is 44.8 Å². The zero-order valence-electron chi connectivity index (χ0n) is 18.7. The molecule has 7 heteroatoms. The number of fused-ring (bicyclic) bond motifs is 1. The molecular weight excluding hydrogens is 418 g/mol. The fraction of sp³-hybridized carbons (Fsp3) is 0.308. The van der Waals surface area contributed by atoms with Crippen molar-refractivity contribution in [3.05, 3.63) is 72.3 Å². The summed E-state index contributed by atoms with van der Waals surface area (Å²) < 4.78 is 5.44. The fourth-order valence-electron chi connectivity index (χ4n) is 4.24. The van der Waals surface area contributed by atoms with E-state index in [0.29, 0.717) is 26.2 Å². The number of methoxy groups -OCH3 is 1. The number of carbonyl (C=O) groups excluding carboxylic acids is 2.